The van der Waals surface area contributed by atoms with Crippen LogP contribution in [0.4, 0.5) is 9.18 Å². The van der Waals surface area contributed by atoms with Gasteiger partial charge in [0, 0.05) is 0 Å². The van der Waals surface area contributed by atoms with Crippen LogP contribution in [0.2, 0.25) is 0 Å². The van der Waals surface area contributed by atoms with Crippen molar-refractivity contribution in [3.63, 3.8) is 0 Å². The van der Waals surface area contributed by atoms with E-state index in [4.69, 9.17) is 20.2 Å². The first-order chi connectivity index (χ1) is 18.1. The van der Waals surface area contributed by atoms with Gasteiger partial charge in [0.25, 0.3) is 5.91 Å². The molecule has 0 spiro atoms. The van der Waals surface area contributed by atoms with E-state index in [1.807, 2.05) is 20.8 Å². The topological polar surface area (TPSA) is 131 Å². The molecule has 202 valence electrons. The van der Waals surface area contributed by atoms with Crippen molar-refractivity contribution in [3.8, 4) is 17.2 Å². The lowest BCUT2D eigenvalue weighted by molar-refractivity contribution is -0.143. The molecule has 0 aliphatic heterocycles. The Morgan fingerprint density at radius 3 is 2.39 bits per heavy atom. The molecule has 1 aliphatic rings. The second-order valence-electron chi connectivity index (χ2n) is 9.99. The van der Waals surface area contributed by atoms with Crippen molar-refractivity contribution in [1.82, 2.24) is 19.8 Å². The molecule has 0 radical (unpaired) electrons. The van der Waals surface area contributed by atoms with Crippen LogP contribution in [0.1, 0.15) is 55.1 Å². The molecule has 2 amide bonds. The first-order valence-electron chi connectivity index (χ1n) is 12.0. The molecule has 0 atom stereocenters. The van der Waals surface area contributed by atoms with Gasteiger partial charge >= 0.3 is 6.09 Å². The fourth-order valence-electron chi connectivity index (χ4n) is 3.99. The van der Waals surface area contributed by atoms with Gasteiger partial charge < -0.3 is 10.5 Å². The highest BCUT2D eigenvalue weighted by Crippen LogP contribution is 2.38. The smallest absolute Gasteiger partial charge is 0.447 e. The van der Waals surface area contributed by atoms with Gasteiger partial charge in [0.05, 0.1) is 31.5 Å². The number of primary amides is 1. The molecule has 1 fully saturated rings. The number of hydrogen-bond donors (Lipinski definition) is 1. The summed E-state index contributed by atoms with van der Waals surface area (Å²) in [7, 11) is 1.37. The van der Waals surface area contributed by atoms with Gasteiger partial charge in [-0.25, -0.2) is 19.1 Å². The van der Waals surface area contributed by atoms with Gasteiger partial charge in [-0.1, -0.05) is 26.8 Å². The van der Waals surface area contributed by atoms with Crippen LogP contribution in [0.25, 0.3) is 5.69 Å². The van der Waals surface area contributed by atoms with E-state index in [0.717, 1.165) is 17.9 Å². The molecule has 1 saturated carbocycles. The van der Waals surface area contributed by atoms with Gasteiger partial charge in [-0.3, -0.25) is 19.1 Å². The maximum Gasteiger partial charge on any atom is 0.447 e. The van der Waals surface area contributed by atoms with Crippen LogP contribution in [0, 0.1) is 11.7 Å². The van der Waals surface area contributed by atoms with Crippen LogP contribution in [-0.4, -0.2) is 45.5 Å². The lowest BCUT2D eigenvalue weighted by Gasteiger charge is -2.30. The van der Waals surface area contributed by atoms with Gasteiger partial charge in [-0.05, 0) is 59.6 Å². The molecule has 0 unspecified atom stereocenters. The number of nitrogens with zero attached hydrogens (tertiary/aromatic N) is 4. The number of ether oxygens (including phenoxy) is 1. The third-order valence-corrected chi connectivity index (χ3v) is 5.95. The molecule has 1 aliphatic carbocycles. The molecule has 3 aromatic rings. The highest BCUT2D eigenvalue weighted by molar-refractivity contribution is 5.99. The van der Waals surface area contributed by atoms with Crippen LogP contribution in [0.5, 0.6) is 11.5 Å². The Bertz CT molecular complexity index is 1300. The number of benzene rings is 2. The Kier molecular flexibility index (Phi) is 7.81. The average Bonchev–Trinajstić information content (AvgIpc) is 3.54. The maximum absolute atomic E-state index is 14.5. The van der Waals surface area contributed by atoms with Gasteiger partial charge in [0.2, 0.25) is 0 Å². The number of methoxy groups -OCH3 is 1. The summed E-state index contributed by atoms with van der Waals surface area (Å²) in [4.78, 5) is 41.3. The van der Waals surface area contributed by atoms with Gasteiger partial charge in [-0.2, -0.15) is 0 Å². The third-order valence-electron chi connectivity index (χ3n) is 5.95. The Labute approximate surface area is 219 Å². The standard InChI is InChI=1S/C26H30FN5O6/c1-26(2,3)23-19(31-14-29-30-15-31)8-10-21(37-38-25(28)34)22(23)24(33)32(36-13-16-5-6-16)12-17-7-9-20(35-4)18(27)11-17/h7-11,14-16H,5-6,12-13H2,1-4H3,(H2,28,34). The van der Waals surface area contributed by atoms with E-state index in [-0.39, 0.29) is 23.6 Å². The minimum Gasteiger partial charge on any atom is -0.494 e. The second kappa shape index (κ2) is 11.1. The summed E-state index contributed by atoms with van der Waals surface area (Å²) in [6.45, 7) is 6.00. The number of carbonyl (C=O) groups excluding carboxylic acids is 2. The van der Waals surface area contributed by atoms with E-state index in [2.05, 4.69) is 15.1 Å². The highest BCUT2D eigenvalue weighted by Gasteiger charge is 2.34. The number of halogens is 1. The van der Waals surface area contributed by atoms with E-state index >= 15 is 0 Å². The summed E-state index contributed by atoms with van der Waals surface area (Å²) in [5, 5.41) is 8.92. The maximum atomic E-state index is 14.5. The first kappa shape index (κ1) is 26.9. The number of amides is 2. The van der Waals surface area contributed by atoms with Crippen molar-refractivity contribution < 1.29 is 33.3 Å². The summed E-state index contributed by atoms with van der Waals surface area (Å²) >= 11 is 0. The van der Waals surface area contributed by atoms with Crippen LogP contribution in [-0.2, 0) is 21.7 Å². The molecule has 38 heavy (non-hydrogen) atoms. The summed E-state index contributed by atoms with van der Waals surface area (Å²) in [6.07, 6.45) is 3.81. The van der Waals surface area contributed by atoms with Crippen molar-refractivity contribution >= 4 is 12.0 Å². The van der Waals surface area contributed by atoms with Crippen molar-refractivity contribution in [2.45, 2.75) is 45.6 Å². The molecule has 1 aromatic heterocycles. The normalized spacial score (nSPS) is 13.2. The fraction of sp³-hybridized carbons (Fsp3) is 0.385. The Morgan fingerprint density at radius 2 is 1.82 bits per heavy atom. The number of nitrogens with two attached hydrogens (primary N) is 1. The zero-order valence-electron chi connectivity index (χ0n) is 21.6. The lowest BCUT2D eigenvalue weighted by Crippen LogP contribution is -2.34. The number of carbonyl (C=O) groups is 2. The first-order valence-corrected chi connectivity index (χ1v) is 12.0. The predicted molar refractivity (Wildman–Crippen MR) is 133 cm³/mol. The minimum atomic E-state index is -1.18. The predicted octanol–water partition coefficient (Wildman–Crippen LogP) is 4.09. The van der Waals surface area contributed by atoms with Gasteiger partial charge in [-0.15, -0.1) is 10.2 Å². The zero-order valence-corrected chi connectivity index (χ0v) is 21.6. The number of hydroxylamine groups is 2. The van der Waals surface area contributed by atoms with E-state index in [1.54, 1.807) is 16.7 Å². The quantitative estimate of drug-likeness (QED) is 0.308. The third kappa shape index (κ3) is 6.20. The van der Waals surface area contributed by atoms with Gasteiger partial charge in [0.15, 0.2) is 17.3 Å². The van der Waals surface area contributed by atoms with Crippen LogP contribution >= 0.6 is 0 Å². The van der Waals surface area contributed by atoms with Crippen molar-refractivity contribution in [2.24, 2.45) is 11.7 Å². The second-order valence-corrected chi connectivity index (χ2v) is 9.99. The summed E-state index contributed by atoms with van der Waals surface area (Å²) in [5.41, 5.74) is 6.21. The monoisotopic (exact) mass is 527 g/mol. The van der Waals surface area contributed by atoms with Crippen molar-refractivity contribution in [1.29, 1.82) is 0 Å². The Balaban J connectivity index is 1.82. The Morgan fingerprint density at radius 1 is 1.13 bits per heavy atom. The van der Waals surface area contributed by atoms with Gasteiger partial charge in [0.1, 0.15) is 12.7 Å². The number of hydrogen-bond acceptors (Lipinski definition) is 8. The molecule has 0 saturated heterocycles. The summed E-state index contributed by atoms with van der Waals surface area (Å²) in [5.74, 6) is -0.775. The number of aromatic nitrogens is 3. The van der Waals surface area contributed by atoms with Crippen LogP contribution < -0.4 is 15.4 Å². The minimum absolute atomic E-state index is 0.0449. The molecule has 4 rings (SSSR count). The molecule has 0 bridgehead atoms. The molecule has 11 nitrogen and oxygen atoms in total. The highest BCUT2D eigenvalue weighted by atomic mass is 19.1. The Hall–Kier alpha value is -4.19. The fourth-order valence-corrected chi connectivity index (χ4v) is 3.99. The van der Waals surface area contributed by atoms with E-state index in [9.17, 15) is 14.0 Å². The molecular formula is C26H30FN5O6. The molecule has 2 aromatic carbocycles. The average molecular weight is 528 g/mol. The van der Waals surface area contributed by atoms with E-state index in [1.165, 1.54) is 38.0 Å². The SMILES string of the molecule is COc1ccc(CN(OCC2CC2)C(=O)c2c(OOC(N)=O)ccc(-n3cnnc3)c2C(C)(C)C)cc1F. The van der Waals surface area contributed by atoms with Crippen molar-refractivity contribution in [2.75, 3.05) is 13.7 Å². The van der Waals surface area contributed by atoms with Crippen LogP contribution in [0.15, 0.2) is 43.0 Å². The zero-order chi connectivity index (χ0) is 27.4. The summed E-state index contributed by atoms with van der Waals surface area (Å²) < 4.78 is 21.1. The molecule has 2 N–H and O–H groups in total. The molecule has 12 heteroatoms. The molecular weight excluding hydrogens is 497 g/mol. The van der Waals surface area contributed by atoms with Crippen LogP contribution in [0.3, 0.4) is 0 Å². The van der Waals surface area contributed by atoms with E-state index < -0.39 is 23.2 Å². The molecule has 1 heterocycles. The lowest BCUT2D eigenvalue weighted by atomic mass is 9.81. The van der Waals surface area contributed by atoms with E-state index in [0.29, 0.717) is 29.3 Å². The largest absolute Gasteiger partial charge is 0.494 e. The summed E-state index contributed by atoms with van der Waals surface area (Å²) in [6, 6.07) is 7.58. The number of rotatable bonds is 10. The van der Waals surface area contributed by atoms with Crippen molar-refractivity contribution in [3.05, 3.63) is 65.5 Å².